The van der Waals surface area contributed by atoms with Crippen molar-refractivity contribution in [3.8, 4) is 5.75 Å². The fourth-order valence-electron chi connectivity index (χ4n) is 3.16. The second kappa shape index (κ2) is 6.79. The van der Waals surface area contributed by atoms with Gasteiger partial charge in [0, 0.05) is 25.9 Å². The Morgan fingerprint density at radius 1 is 1.26 bits per heavy atom. The van der Waals surface area contributed by atoms with Crippen LogP contribution in [0.1, 0.15) is 23.0 Å². The fraction of sp³-hybridized carbons (Fsp3) is 0.211. The van der Waals surface area contributed by atoms with Crippen LogP contribution in [0.15, 0.2) is 59.8 Å². The van der Waals surface area contributed by atoms with E-state index in [1.807, 2.05) is 0 Å². The smallest absolute Gasteiger partial charge is 0.241 e. The van der Waals surface area contributed by atoms with Gasteiger partial charge in [-0.3, -0.25) is 0 Å². The van der Waals surface area contributed by atoms with Crippen LogP contribution in [0.2, 0.25) is 0 Å². The van der Waals surface area contributed by atoms with E-state index in [9.17, 15) is 12.8 Å². The third-order valence-corrected chi connectivity index (χ3v) is 5.96. The Balaban J connectivity index is 1.74. The summed E-state index contributed by atoms with van der Waals surface area (Å²) in [6, 6.07) is 9.79. The van der Waals surface area contributed by atoms with Crippen molar-refractivity contribution in [2.45, 2.75) is 17.4 Å². The minimum atomic E-state index is -3.87. The molecular weight excluding hydrogens is 369 g/mol. The highest BCUT2D eigenvalue weighted by Gasteiger charge is 2.27. The normalized spacial score (nSPS) is 14.6. The molecule has 0 spiro atoms. The molecule has 0 radical (unpaired) electrons. The largest absolute Gasteiger partial charge is 0.493 e. The number of fused-ring (bicyclic) bond motifs is 1. The number of halogens is 1. The van der Waals surface area contributed by atoms with Crippen LogP contribution in [-0.2, 0) is 23.5 Å². The first kappa shape index (κ1) is 17.7. The minimum Gasteiger partial charge on any atom is -0.493 e. The summed E-state index contributed by atoms with van der Waals surface area (Å²) in [6.45, 7) is 0.547. The van der Waals surface area contributed by atoms with Gasteiger partial charge in [0.25, 0.3) is 0 Å². The van der Waals surface area contributed by atoms with Gasteiger partial charge in [0.15, 0.2) is 0 Å². The summed E-state index contributed by atoms with van der Waals surface area (Å²) < 4.78 is 49.6. The monoisotopic (exact) mass is 387 g/mol. The molecule has 2 aromatic carbocycles. The molecule has 4 rings (SSSR count). The third kappa shape index (κ3) is 3.45. The standard InChI is InChI=1S/C19H18FN3O3S/c1-23-9-8-21-19(23)18(14-3-2-4-15(20)11-14)22-27(24,25)16-5-6-17-13(12-16)7-10-26-17/h2-6,8-9,11-12,18,22H,7,10H2,1H3. The summed E-state index contributed by atoms with van der Waals surface area (Å²) in [6.07, 6.45) is 3.96. The number of rotatable bonds is 5. The van der Waals surface area contributed by atoms with E-state index < -0.39 is 21.9 Å². The summed E-state index contributed by atoms with van der Waals surface area (Å²) in [5.41, 5.74) is 1.33. The molecular formula is C19H18FN3O3S. The van der Waals surface area contributed by atoms with E-state index in [2.05, 4.69) is 9.71 Å². The van der Waals surface area contributed by atoms with E-state index in [0.717, 1.165) is 5.56 Å². The highest BCUT2D eigenvalue weighted by atomic mass is 32.2. The molecule has 27 heavy (non-hydrogen) atoms. The number of benzene rings is 2. The van der Waals surface area contributed by atoms with Crippen molar-refractivity contribution in [1.82, 2.24) is 14.3 Å². The summed E-state index contributed by atoms with van der Waals surface area (Å²) in [7, 11) is -2.11. The zero-order valence-corrected chi connectivity index (χ0v) is 15.4. The van der Waals surface area contributed by atoms with E-state index in [-0.39, 0.29) is 4.90 Å². The van der Waals surface area contributed by atoms with Crippen LogP contribution < -0.4 is 9.46 Å². The number of hydrogen-bond acceptors (Lipinski definition) is 4. The third-order valence-electron chi connectivity index (χ3n) is 4.54. The first-order chi connectivity index (χ1) is 12.9. The molecule has 0 fully saturated rings. The number of nitrogens with zero attached hydrogens (tertiary/aromatic N) is 2. The van der Waals surface area contributed by atoms with Crippen molar-refractivity contribution in [1.29, 1.82) is 0 Å². The van der Waals surface area contributed by atoms with Crippen LogP contribution >= 0.6 is 0 Å². The Labute approximate surface area is 156 Å². The van der Waals surface area contributed by atoms with Gasteiger partial charge >= 0.3 is 0 Å². The van der Waals surface area contributed by atoms with Crippen LogP contribution in [0.3, 0.4) is 0 Å². The minimum absolute atomic E-state index is 0.141. The van der Waals surface area contributed by atoms with Crippen molar-refractivity contribution in [3.63, 3.8) is 0 Å². The molecule has 0 bridgehead atoms. The second-order valence-corrected chi connectivity index (χ2v) is 8.09. The van der Waals surface area contributed by atoms with Crippen molar-refractivity contribution < 1.29 is 17.5 Å². The maximum atomic E-state index is 13.8. The molecule has 0 amide bonds. The first-order valence-electron chi connectivity index (χ1n) is 8.45. The molecule has 1 atom stereocenters. The highest BCUT2D eigenvalue weighted by molar-refractivity contribution is 7.89. The molecule has 6 nitrogen and oxygen atoms in total. The highest BCUT2D eigenvalue weighted by Crippen LogP contribution is 2.29. The molecule has 1 unspecified atom stereocenters. The van der Waals surface area contributed by atoms with Crippen molar-refractivity contribution >= 4 is 10.0 Å². The lowest BCUT2D eigenvalue weighted by molar-refractivity contribution is 0.356. The fourth-order valence-corrected chi connectivity index (χ4v) is 4.40. The Hall–Kier alpha value is -2.71. The van der Waals surface area contributed by atoms with Crippen molar-refractivity contribution in [2.75, 3.05) is 6.61 Å². The van der Waals surface area contributed by atoms with Crippen LogP contribution in [0.4, 0.5) is 4.39 Å². The summed E-state index contributed by atoms with van der Waals surface area (Å²) in [5, 5.41) is 0. The Morgan fingerprint density at radius 3 is 2.85 bits per heavy atom. The number of sulfonamides is 1. The number of nitrogens with one attached hydrogen (secondary N) is 1. The van der Waals surface area contributed by atoms with E-state index >= 15 is 0 Å². The van der Waals surface area contributed by atoms with Crippen LogP contribution in [-0.4, -0.2) is 24.6 Å². The number of imidazole rings is 1. The zero-order chi connectivity index (χ0) is 19.0. The van der Waals surface area contributed by atoms with Gasteiger partial charge in [0.05, 0.1) is 11.5 Å². The predicted octanol–water partition coefficient (Wildman–Crippen LogP) is 2.56. The Kier molecular flexibility index (Phi) is 4.45. The van der Waals surface area contributed by atoms with E-state index in [1.165, 1.54) is 18.2 Å². The predicted molar refractivity (Wildman–Crippen MR) is 97.4 cm³/mol. The van der Waals surface area contributed by atoms with Gasteiger partial charge in [-0.25, -0.2) is 17.8 Å². The number of hydrogen-bond donors (Lipinski definition) is 1. The molecule has 0 saturated heterocycles. The lowest BCUT2D eigenvalue weighted by atomic mass is 10.1. The first-order valence-corrected chi connectivity index (χ1v) is 9.93. The van der Waals surface area contributed by atoms with Gasteiger partial charge < -0.3 is 9.30 Å². The Bertz CT molecular complexity index is 1100. The van der Waals surface area contributed by atoms with Gasteiger partial charge in [-0.15, -0.1) is 0 Å². The number of aryl methyl sites for hydroxylation is 1. The molecule has 3 aromatic rings. The summed E-state index contributed by atoms with van der Waals surface area (Å²) >= 11 is 0. The van der Waals surface area contributed by atoms with Crippen molar-refractivity contribution in [2.24, 2.45) is 7.05 Å². The SMILES string of the molecule is Cn1ccnc1C(NS(=O)(=O)c1ccc2c(c1)CCO2)c1cccc(F)c1. The quantitative estimate of drug-likeness (QED) is 0.730. The Morgan fingerprint density at radius 2 is 2.11 bits per heavy atom. The molecule has 1 N–H and O–H groups in total. The summed E-state index contributed by atoms with van der Waals surface area (Å²) in [5.74, 6) is 0.731. The van der Waals surface area contributed by atoms with E-state index in [4.69, 9.17) is 4.74 Å². The topological polar surface area (TPSA) is 73.2 Å². The van der Waals surface area contributed by atoms with E-state index in [0.29, 0.717) is 30.2 Å². The molecule has 1 aliphatic rings. The molecule has 1 aliphatic heterocycles. The molecule has 1 aromatic heterocycles. The van der Waals surface area contributed by atoms with Crippen molar-refractivity contribution in [3.05, 3.63) is 77.6 Å². The average molecular weight is 387 g/mol. The molecule has 140 valence electrons. The molecule has 0 aliphatic carbocycles. The lowest BCUT2D eigenvalue weighted by Crippen LogP contribution is -2.31. The average Bonchev–Trinajstić information content (AvgIpc) is 3.27. The van der Waals surface area contributed by atoms with Gasteiger partial charge in [-0.2, -0.15) is 4.72 Å². The molecule has 2 heterocycles. The van der Waals surface area contributed by atoms with Crippen LogP contribution in [0.5, 0.6) is 5.75 Å². The second-order valence-electron chi connectivity index (χ2n) is 6.37. The maximum absolute atomic E-state index is 13.8. The summed E-state index contributed by atoms with van der Waals surface area (Å²) in [4.78, 5) is 4.39. The van der Waals surface area contributed by atoms with Crippen LogP contribution in [0.25, 0.3) is 0 Å². The lowest BCUT2D eigenvalue weighted by Gasteiger charge is -2.19. The van der Waals surface area contributed by atoms with Gasteiger partial charge in [-0.1, -0.05) is 12.1 Å². The zero-order valence-electron chi connectivity index (χ0n) is 14.6. The van der Waals surface area contributed by atoms with Gasteiger partial charge in [-0.05, 0) is 41.5 Å². The molecule has 0 saturated carbocycles. The number of ether oxygens (including phenoxy) is 1. The van der Waals surface area contributed by atoms with Gasteiger partial charge in [0.2, 0.25) is 10.0 Å². The van der Waals surface area contributed by atoms with Crippen LogP contribution in [0, 0.1) is 5.82 Å². The number of aromatic nitrogens is 2. The molecule has 8 heteroatoms. The van der Waals surface area contributed by atoms with Gasteiger partial charge in [0.1, 0.15) is 23.4 Å². The maximum Gasteiger partial charge on any atom is 0.241 e. The van der Waals surface area contributed by atoms with E-state index in [1.54, 1.807) is 48.3 Å².